The largest absolute Gasteiger partial charge is 0.393 e. The Morgan fingerprint density at radius 2 is 2.26 bits per heavy atom. The summed E-state index contributed by atoms with van der Waals surface area (Å²) in [5.41, 5.74) is 0.554. The first-order valence-corrected chi connectivity index (χ1v) is 6.67. The van der Waals surface area contributed by atoms with Crippen LogP contribution in [0.15, 0.2) is 18.3 Å². The third-order valence-corrected chi connectivity index (χ3v) is 3.61. The van der Waals surface area contributed by atoms with Crippen LogP contribution in [0.1, 0.15) is 29.6 Å². The predicted molar refractivity (Wildman–Crippen MR) is 74.2 cm³/mol. The first-order chi connectivity index (χ1) is 9.08. The third-order valence-electron chi connectivity index (χ3n) is 3.61. The van der Waals surface area contributed by atoms with E-state index in [1.807, 2.05) is 25.1 Å². The molecule has 5 heteroatoms. The Labute approximate surface area is 113 Å². The fourth-order valence-corrected chi connectivity index (χ4v) is 2.37. The Balaban J connectivity index is 1.89. The van der Waals surface area contributed by atoms with Crippen molar-refractivity contribution in [3.05, 3.63) is 23.9 Å². The molecule has 1 saturated carbocycles. The number of nitrogens with one attached hydrogen (secondary N) is 1. The number of carbonyl (C=O) groups excluding carboxylic acids is 1. The van der Waals surface area contributed by atoms with Crippen molar-refractivity contribution in [2.24, 2.45) is 5.92 Å². The summed E-state index contributed by atoms with van der Waals surface area (Å²) < 4.78 is 0. The molecule has 19 heavy (non-hydrogen) atoms. The molecule has 1 fully saturated rings. The summed E-state index contributed by atoms with van der Waals surface area (Å²) in [6.45, 7) is 0.537. The van der Waals surface area contributed by atoms with Gasteiger partial charge in [-0.1, -0.05) is 6.42 Å². The zero-order valence-corrected chi connectivity index (χ0v) is 11.5. The number of aliphatic hydroxyl groups is 1. The number of pyridine rings is 1. The van der Waals surface area contributed by atoms with E-state index < -0.39 is 0 Å². The van der Waals surface area contributed by atoms with Gasteiger partial charge in [-0.2, -0.15) is 0 Å². The van der Waals surface area contributed by atoms with Gasteiger partial charge in [-0.3, -0.25) is 4.79 Å². The minimum absolute atomic E-state index is 0.128. The molecule has 2 rings (SSSR count). The lowest BCUT2D eigenvalue weighted by molar-refractivity contribution is 0.0916. The molecule has 0 aromatic carbocycles. The van der Waals surface area contributed by atoms with Crippen LogP contribution < -0.4 is 10.2 Å². The van der Waals surface area contributed by atoms with Gasteiger partial charge in [0, 0.05) is 32.8 Å². The van der Waals surface area contributed by atoms with Crippen molar-refractivity contribution >= 4 is 11.7 Å². The molecule has 2 atom stereocenters. The Hall–Kier alpha value is -1.62. The van der Waals surface area contributed by atoms with Crippen LogP contribution in [0.2, 0.25) is 0 Å². The quantitative estimate of drug-likeness (QED) is 0.852. The molecular weight excluding hydrogens is 242 g/mol. The number of hydrogen-bond acceptors (Lipinski definition) is 4. The Morgan fingerprint density at radius 3 is 2.79 bits per heavy atom. The van der Waals surface area contributed by atoms with Crippen LogP contribution in [0, 0.1) is 5.92 Å². The number of anilines is 1. The number of nitrogens with zero attached hydrogens (tertiary/aromatic N) is 2. The maximum atomic E-state index is 11.9. The minimum Gasteiger partial charge on any atom is -0.393 e. The van der Waals surface area contributed by atoms with E-state index in [0.717, 1.165) is 25.1 Å². The molecule has 1 aromatic heterocycles. The van der Waals surface area contributed by atoms with E-state index in [1.54, 1.807) is 12.3 Å². The summed E-state index contributed by atoms with van der Waals surface area (Å²) in [7, 11) is 3.81. The lowest BCUT2D eigenvalue weighted by Gasteiger charge is -2.15. The van der Waals surface area contributed by atoms with Crippen molar-refractivity contribution in [3.8, 4) is 0 Å². The molecule has 1 heterocycles. The first-order valence-electron chi connectivity index (χ1n) is 6.67. The van der Waals surface area contributed by atoms with Crippen molar-refractivity contribution in [2.45, 2.75) is 25.4 Å². The van der Waals surface area contributed by atoms with Gasteiger partial charge in [0.1, 0.15) is 5.82 Å². The van der Waals surface area contributed by atoms with Gasteiger partial charge in [0.2, 0.25) is 0 Å². The van der Waals surface area contributed by atoms with Crippen LogP contribution in [-0.4, -0.2) is 42.7 Å². The van der Waals surface area contributed by atoms with Crippen LogP contribution in [0.5, 0.6) is 0 Å². The van der Waals surface area contributed by atoms with E-state index in [1.165, 1.54) is 0 Å². The first kappa shape index (κ1) is 13.8. The van der Waals surface area contributed by atoms with Crippen LogP contribution in [0.25, 0.3) is 0 Å². The van der Waals surface area contributed by atoms with Gasteiger partial charge in [0.05, 0.1) is 11.7 Å². The number of amides is 1. The van der Waals surface area contributed by atoms with Crippen LogP contribution in [0.4, 0.5) is 5.82 Å². The van der Waals surface area contributed by atoms with Crippen LogP contribution >= 0.6 is 0 Å². The molecule has 0 saturated heterocycles. The molecule has 1 aliphatic rings. The zero-order valence-electron chi connectivity index (χ0n) is 11.5. The molecule has 1 aromatic rings. The van der Waals surface area contributed by atoms with E-state index in [9.17, 15) is 9.90 Å². The normalized spacial score (nSPS) is 22.3. The lowest BCUT2D eigenvalue weighted by Crippen LogP contribution is -2.32. The second-order valence-corrected chi connectivity index (χ2v) is 5.27. The van der Waals surface area contributed by atoms with E-state index in [0.29, 0.717) is 12.1 Å². The van der Waals surface area contributed by atoms with Crippen molar-refractivity contribution in [2.75, 3.05) is 25.5 Å². The summed E-state index contributed by atoms with van der Waals surface area (Å²) in [5, 5.41) is 12.6. The van der Waals surface area contributed by atoms with Crippen molar-refractivity contribution < 1.29 is 9.90 Å². The standard InChI is InChI=1S/C14H21N3O2/c1-17(2)13-7-6-11(9-15-13)14(19)16-8-10-4-3-5-12(10)18/h6-7,9-10,12,18H,3-5,8H2,1-2H3,(H,16,19). The van der Waals surface area contributed by atoms with E-state index in [-0.39, 0.29) is 17.9 Å². The summed E-state index contributed by atoms with van der Waals surface area (Å²) in [5.74, 6) is 0.887. The smallest absolute Gasteiger partial charge is 0.252 e. The van der Waals surface area contributed by atoms with Gasteiger partial charge in [0.15, 0.2) is 0 Å². The molecule has 5 nitrogen and oxygen atoms in total. The number of carbonyl (C=O) groups is 1. The number of hydrogen-bond donors (Lipinski definition) is 2. The molecule has 0 bridgehead atoms. The van der Waals surface area contributed by atoms with E-state index in [4.69, 9.17) is 0 Å². The number of aromatic nitrogens is 1. The Morgan fingerprint density at radius 1 is 1.47 bits per heavy atom. The van der Waals surface area contributed by atoms with Gasteiger partial charge in [-0.15, -0.1) is 0 Å². The van der Waals surface area contributed by atoms with Gasteiger partial charge in [-0.05, 0) is 25.0 Å². The highest BCUT2D eigenvalue weighted by Gasteiger charge is 2.25. The average molecular weight is 263 g/mol. The summed E-state index contributed by atoms with van der Waals surface area (Å²) in [6, 6.07) is 3.59. The highest BCUT2D eigenvalue weighted by molar-refractivity contribution is 5.94. The SMILES string of the molecule is CN(C)c1ccc(C(=O)NCC2CCCC2O)cn1. The highest BCUT2D eigenvalue weighted by atomic mass is 16.3. The maximum absolute atomic E-state index is 11.9. The molecule has 2 unspecified atom stereocenters. The summed E-state index contributed by atoms with van der Waals surface area (Å²) in [6.07, 6.45) is 4.18. The maximum Gasteiger partial charge on any atom is 0.252 e. The molecule has 1 amide bonds. The van der Waals surface area contributed by atoms with Crippen molar-refractivity contribution in [1.82, 2.24) is 10.3 Å². The number of aliphatic hydroxyl groups excluding tert-OH is 1. The van der Waals surface area contributed by atoms with E-state index in [2.05, 4.69) is 10.3 Å². The zero-order chi connectivity index (χ0) is 13.8. The molecule has 0 spiro atoms. The van der Waals surface area contributed by atoms with Gasteiger partial charge in [-0.25, -0.2) is 4.98 Å². The van der Waals surface area contributed by atoms with Crippen LogP contribution in [0.3, 0.4) is 0 Å². The second kappa shape index (κ2) is 6.02. The van der Waals surface area contributed by atoms with Crippen molar-refractivity contribution in [3.63, 3.8) is 0 Å². The molecule has 2 N–H and O–H groups in total. The monoisotopic (exact) mass is 263 g/mol. The molecule has 0 aliphatic heterocycles. The summed E-state index contributed by atoms with van der Waals surface area (Å²) in [4.78, 5) is 18.0. The fourth-order valence-electron chi connectivity index (χ4n) is 2.37. The molecule has 0 radical (unpaired) electrons. The fraction of sp³-hybridized carbons (Fsp3) is 0.571. The summed E-state index contributed by atoms with van der Waals surface area (Å²) >= 11 is 0. The van der Waals surface area contributed by atoms with E-state index >= 15 is 0 Å². The Kier molecular flexibility index (Phi) is 4.37. The molecular formula is C14H21N3O2. The number of rotatable bonds is 4. The van der Waals surface area contributed by atoms with Crippen LogP contribution in [-0.2, 0) is 0 Å². The molecule has 1 aliphatic carbocycles. The lowest BCUT2D eigenvalue weighted by atomic mass is 10.1. The molecule has 104 valence electrons. The van der Waals surface area contributed by atoms with Gasteiger partial charge < -0.3 is 15.3 Å². The van der Waals surface area contributed by atoms with Gasteiger partial charge in [0.25, 0.3) is 5.91 Å². The third kappa shape index (κ3) is 3.44. The minimum atomic E-state index is -0.269. The van der Waals surface area contributed by atoms with Crippen molar-refractivity contribution in [1.29, 1.82) is 0 Å². The second-order valence-electron chi connectivity index (χ2n) is 5.27. The highest BCUT2D eigenvalue weighted by Crippen LogP contribution is 2.24. The topological polar surface area (TPSA) is 65.5 Å². The predicted octanol–water partition coefficient (Wildman–Crippen LogP) is 1.04. The Bertz CT molecular complexity index is 431. The average Bonchev–Trinajstić information content (AvgIpc) is 2.81. The van der Waals surface area contributed by atoms with Gasteiger partial charge >= 0.3 is 0 Å².